The van der Waals surface area contributed by atoms with Crippen molar-refractivity contribution < 1.29 is 22.7 Å². The number of benzene rings is 1. The second-order valence-corrected chi connectivity index (χ2v) is 8.53. The third-order valence-corrected chi connectivity index (χ3v) is 6.12. The predicted octanol–water partition coefficient (Wildman–Crippen LogP) is 1.46. The van der Waals surface area contributed by atoms with Crippen molar-refractivity contribution in [1.29, 1.82) is 0 Å². The number of amides is 1. The van der Waals surface area contributed by atoms with Crippen LogP contribution >= 0.6 is 11.6 Å². The van der Waals surface area contributed by atoms with Crippen LogP contribution in [0, 0.1) is 0 Å². The number of rotatable bonds is 5. The van der Waals surface area contributed by atoms with Crippen molar-refractivity contribution in [2.45, 2.75) is 31.8 Å². The van der Waals surface area contributed by atoms with Crippen molar-refractivity contribution in [1.82, 2.24) is 4.90 Å². The van der Waals surface area contributed by atoms with Gasteiger partial charge in [0.15, 0.2) is 9.84 Å². The van der Waals surface area contributed by atoms with E-state index in [0.29, 0.717) is 11.4 Å². The second kappa shape index (κ2) is 7.53. The molecule has 0 spiro atoms. The fraction of sp³-hybridized carbons (Fsp3) is 0.500. The Labute approximate surface area is 146 Å². The van der Waals surface area contributed by atoms with E-state index in [9.17, 15) is 18.0 Å². The van der Waals surface area contributed by atoms with E-state index in [1.165, 1.54) is 12.0 Å². The normalized spacial score (nSPS) is 20.4. The Balaban J connectivity index is 2.22. The van der Waals surface area contributed by atoms with Gasteiger partial charge in [-0.1, -0.05) is 23.7 Å². The van der Waals surface area contributed by atoms with Gasteiger partial charge in [0.1, 0.15) is 6.04 Å². The number of esters is 1. The van der Waals surface area contributed by atoms with Crippen molar-refractivity contribution in [2.24, 2.45) is 0 Å². The molecule has 24 heavy (non-hydrogen) atoms. The van der Waals surface area contributed by atoms with Gasteiger partial charge in [-0.25, -0.2) is 13.2 Å². The third-order valence-electron chi connectivity index (χ3n) is 4.12. The highest BCUT2D eigenvalue weighted by Gasteiger charge is 2.39. The van der Waals surface area contributed by atoms with Gasteiger partial charge in [-0.3, -0.25) is 4.79 Å². The Morgan fingerprint density at radius 2 is 1.96 bits per heavy atom. The van der Waals surface area contributed by atoms with E-state index in [1.807, 2.05) is 0 Å². The SMILES string of the molecule is COC(=O)[C@H](C)N(C(=O)Cc1ccc(Cl)cc1)[C@H]1CCS(=O)(=O)C1. The van der Waals surface area contributed by atoms with Crippen LogP contribution in [-0.4, -0.2) is 55.9 Å². The van der Waals surface area contributed by atoms with Crippen LogP contribution in [0.5, 0.6) is 0 Å². The highest BCUT2D eigenvalue weighted by molar-refractivity contribution is 7.91. The lowest BCUT2D eigenvalue weighted by molar-refractivity contribution is -0.153. The van der Waals surface area contributed by atoms with E-state index in [1.54, 1.807) is 31.2 Å². The predicted molar refractivity (Wildman–Crippen MR) is 90.5 cm³/mol. The first kappa shape index (κ1) is 18.7. The molecular weight excluding hydrogens is 354 g/mol. The molecule has 2 atom stereocenters. The summed E-state index contributed by atoms with van der Waals surface area (Å²) in [6.07, 6.45) is 0.394. The van der Waals surface area contributed by atoms with Gasteiger partial charge in [0.05, 0.1) is 25.0 Å². The molecular formula is C16H20ClNO5S. The van der Waals surface area contributed by atoms with E-state index in [0.717, 1.165) is 5.56 Å². The van der Waals surface area contributed by atoms with Crippen molar-refractivity contribution in [3.63, 3.8) is 0 Å². The van der Waals surface area contributed by atoms with Crippen LogP contribution in [0.3, 0.4) is 0 Å². The molecule has 1 aliphatic heterocycles. The lowest BCUT2D eigenvalue weighted by Gasteiger charge is -2.32. The Kier molecular flexibility index (Phi) is 5.87. The average molecular weight is 374 g/mol. The number of carbonyl (C=O) groups excluding carboxylic acids is 2. The van der Waals surface area contributed by atoms with Gasteiger partial charge in [-0.15, -0.1) is 0 Å². The first-order valence-electron chi connectivity index (χ1n) is 7.57. The maximum atomic E-state index is 12.7. The van der Waals surface area contributed by atoms with Crippen LogP contribution in [0.15, 0.2) is 24.3 Å². The average Bonchev–Trinajstić information content (AvgIpc) is 2.88. The molecule has 1 aromatic carbocycles. The van der Waals surface area contributed by atoms with E-state index < -0.39 is 27.9 Å². The van der Waals surface area contributed by atoms with E-state index in [4.69, 9.17) is 16.3 Å². The van der Waals surface area contributed by atoms with E-state index >= 15 is 0 Å². The Bertz CT molecular complexity index is 716. The molecule has 0 saturated carbocycles. The summed E-state index contributed by atoms with van der Waals surface area (Å²) in [6.45, 7) is 1.55. The lowest BCUT2D eigenvalue weighted by Crippen LogP contribution is -2.50. The molecule has 2 rings (SSSR count). The summed E-state index contributed by atoms with van der Waals surface area (Å²) in [5.41, 5.74) is 0.743. The molecule has 0 radical (unpaired) electrons. The van der Waals surface area contributed by atoms with Crippen molar-refractivity contribution in [3.05, 3.63) is 34.9 Å². The minimum atomic E-state index is -3.18. The zero-order chi connectivity index (χ0) is 17.9. The van der Waals surface area contributed by atoms with Crippen molar-refractivity contribution in [2.75, 3.05) is 18.6 Å². The van der Waals surface area contributed by atoms with Gasteiger partial charge in [0.25, 0.3) is 0 Å². The van der Waals surface area contributed by atoms with Crippen LogP contribution in [0.2, 0.25) is 5.02 Å². The molecule has 0 unspecified atom stereocenters. The molecule has 0 bridgehead atoms. The molecule has 132 valence electrons. The van der Waals surface area contributed by atoms with Crippen molar-refractivity contribution in [3.8, 4) is 0 Å². The van der Waals surface area contributed by atoms with Gasteiger partial charge < -0.3 is 9.64 Å². The minimum absolute atomic E-state index is 0.0241. The number of nitrogens with zero attached hydrogens (tertiary/aromatic N) is 1. The number of methoxy groups -OCH3 is 1. The second-order valence-electron chi connectivity index (χ2n) is 5.86. The van der Waals surface area contributed by atoms with Gasteiger partial charge in [0, 0.05) is 11.1 Å². The summed E-state index contributed by atoms with van der Waals surface area (Å²) in [6, 6.07) is 5.47. The molecule has 1 saturated heterocycles. The molecule has 1 amide bonds. The molecule has 1 fully saturated rings. The highest BCUT2D eigenvalue weighted by atomic mass is 35.5. The smallest absolute Gasteiger partial charge is 0.328 e. The molecule has 6 nitrogen and oxygen atoms in total. The monoisotopic (exact) mass is 373 g/mol. The quantitative estimate of drug-likeness (QED) is 0.730. The number of sulfone groups is 1. The molecule has 1 aliphatic rings. The van der Waals surface area contributed by atoms with Crippen LogP contribution < -0.4 is 0 Å². The highest BCUT2D eigenvalue weighted by Crippen LogP contribution is 2.22. The molecule has 1 heterocycles. The summed E-state index contributed by atoms with van der Waals surface area (Å²) < 4.78 is 28.2. The summed E-state index contributed by atoms with van der Waals surface area (Å²) in [5.74, 6) is -0.974. The largest absolute Gasteiger partial charge is 0.467 e. The van der Waals surface area contributed by atoms with E-state index in [2.05, 4.69) is 0 Å². The first-order chi connectivity index (χ1) is 11.2. The summed E-state index contributed by atoms with van der Waals surface area (Å²) in [7, 11) is -1.94. The third kappa shape index (κ3) is 4.48. The maximum absolute atomic E-state index is 12.7. The van der Waals surface area contributed by atoms with Crippen molar-refractivity contribution >= 4 is 33.3 Å². The zero-order valence-corrected chi connectivity index (χ0v) is 15.1. The van der Waals surface area contributed by atoms with Crippen LogP contribution in [0.1, 0.15) is 18.9 Å². The molecule has 1 aromatic rings. The zero-order valence-electron chi connectivity index (χ0n) is 13.6. The van der Waals surface area contributed by atoms with Gasteiger partial charge in [-0.05, 0) is 31.0 Å². The standard InChI is InChI=1S/C16H20ClNO5S/c1-11(16(20)23-2)18(14-7-8-24(21,22)10-14)15(19)9-12-3-5-13(17)6-4-12/h3-6,11,14H,7-10H2,1-2H3/t11-,14-/m0/s1. The first-order valence-corrected chi connectivity index (χ1v) is 9.77. The lowest BCUT2D eigenvalue weighted by atomic mass is 10.1. The molecule has 8 heteroatoms. The van der Waals surface area contributed by atoms with Crippen LogP contribution in [0.4, 0.5) is 0 Å². The van der Waals surface area contributed by atoms with Gasteiger partial charge in [0.2, 0.25) is 5.91 Å². The Morgan fingerprint density at radius 1 is 1.33 bits per heavy atom. The summed E-state index contributed by atoms with van der Waals surface area (Å²) in [5, 5.41) is 0.563. The molecule has 0 aromatic heterocycles. The number of carbonyl (C=O) groups is 2. The Hall–Kier alpha value is -1.60. The van der Waals surface area contributed by atoms with Gasteiger partial charge in [-0.2, -0.15) is 0 Å². The maximum Gasteiger partial charge on any atom is 0.328 e. The topological polar surface area (TPSA) is 80.8 Å². The van der Waals surface area contributed by atoms with Gasteiger partial charge >= 0.3 is 5.97 Å². The van der Waals surface area contributed by atoms with E-state index in [-0.39, 0.29) is 23.8 Å². The fourth-order valence-corrected chi connectivity index (χ4v) is 4.72. The van der Waals surface area contributed by atoms with Crippen LogP contribution in [0.25, 0.3) is 0 Å². The number of halogens is 1. The van der Waals surface area contributed by atoms with Crippen LogP contribution in [-0.2, 0) is 30.6 Å². The summed E-state index contributed by atoms with van der Waals surface area (Å²) in [4.78, 5) is 26.0. The molecule has 0 aliphatic carbocycles. The number of hydrogen-bond donors (Lipinski definition) is 0. The molecule has 0 N–H and O–H groups in total. The Morgan fingerprint density at radius 3 is 2.46 bits per heavy atom. The number of ether oxygens (including phenoxy) is 1. The minimum Gasteiger partial charge on any atom is -0.467 e. The number of hydrogen-bond acceptors (Lipinski definition) is 5. The fourth-order valence-electron chi connectivity index (χ4n) is 2.88. The summed E-state index contributed by atoms with van der Waals surface area (Å²) >= 11 is 5.83.